The molecule has 310 valence electrons. The maximum absolute atomic E-state index is 14.4. The Kier molecular flexibility index (Phi) is 12.6. The summed E-state index contributed by atoms with van der Waals surface area (Å²) in [6, 6.07) is 12.8. The summed E-state index contributed by atoms with van der Waals surface area (Å²) < 4.78 is 14.1. The van der Waals surface area contributed by atoms with Gasteiger partial charge < -0.3 is 29.4 Å². The van der Waals surface area contributed by atoms with Gasteiger partial charge in [0.05, 0.1) is 24.1 Å². The second-order valence-electron chi connectivity index (χ2n) is 16.9. The number of hydrogen-bond donors (Lipinski definition) is 3. The van der Waals surface area contributed by atoms with E-state index in [1.165, 1.54) is 16.8 Å². The van der Waals surface area contributed by atoms with E-state index in [0.29, 0.717) is 37.9 Å². The smallest absolute Gasteiger partial charge is 0.324 e. The maximum Gasteiger partial charge on any atom is 0.324 e. The van der Waals surface area contributed by atoms with E-state index in [0.717, 1.165) is 44.5 Å². The fourth-order valence-corrected chi connectivity index (χ4v) is 8.45. The van der Waals surface area contributed by atoms with Crippen LogP contribution >= 0.6 is 0 Å². The van der Waals surface area contributed by atoms with E-state index in [4.69, 9.17) is 14.5 Å². The average molecular weight is 795 g/mol. The van der Waals surface area contributed by atoms with E-state index in [-0.39, 0.29) is 36.7 Å². The van der Waals surface area contributed by atoms with Gasteiger partial charge in [-0.25, -0.2) is 5.43 Å². The molecule has 0 radical (unpaired) electrons. The topological polar surface area (TPSA) is 155 Å². The first-order chi connectivity index (χ1) is 27.5. The fourth-order valence-electron chi connectivity index (χ4n) is 8.45. The Balaban J connectivity index is 1.53. The number of hydrazine groups is 1. The minimum Gasteiger partial charge on any atom is -0.508 e. The van der Waals surface area contributed by atoms with Crippen molar-refractivity contribution in [3.05, 3.63) is 71.5 Å². The number of nitrogens with one attached hydrogen (secondary N) is 2. The first-order valence-electron chi connectivity index (χ1n) is 20.3. The molecule has 2 aliphatic heterocycles. The summed E-state index contributed by atoms with van der Waals surface area (Å²) in [5, 5.41) is 16.5. The number of fused-ring (bicyclic) bond motifs is 6. The number of phenols is 1. The second-order valence-corrected chi connectivity index (χ2v) is 16.9. The van der Waals surface area contributed by atoms with E-state index < -0.39 is 41.3 Å². The lowest BCUT2D eigenvalue weighted by Crippen LogP contribution is -2.62. The molecule has 1 fully saturated rings. The number of esters is 1. The van der Waals surface area contributed by atoms with E-state index >= 15 is 0 Å². The zero-order valence-corrected chi connectivity index (χ0v) is 35.2. The quantitative estimate of drug-likeness (QED) is 0.184. The summed E-state index contributed by atoms with van der Waals surface area (Å²) in [6.07, 6.45) is 3.11. The van der Waals surface area contributed by atoms with E-state index in [1.54, 1.807) is 32.5 Å². The summed E-state index contributed by atoms with van der Waals surface area (Å²) in [7, 11) is 3.24. The lowest BCUT2D eigenvalue weighted by molar-refractivity contribution is -0.155. The number of ether oxygens (including phenoxy) is 2. The molecule has 3 N–H and O–H groups in total. The number of aromatic hydroxyl groups is 1. The molecular formula is C45H58N6O7. The van der Waals surface area contributed by atoms with E-state index in [2.05, 4.69) is 54.3 Å². The van der Waals surface area contributed by atoms with Crippen molar-refractivity contribution >= 4 is 34.6 Å². The number of hydrogen-bond acceptors (Lipinski definition) is 9. The standard InChI is InChI=1S/C45H58N6O7/c1-10-50-38-16-15-30-23-34(38)35(41(50)33-13-11-17-46-39(33)27(4)57-9)24-45(6,7)25-58-44(56)36-14-12-18-51(48-36)43(55)37(21-29-19-31(30)22-32(53)20-29)47-42(54)40(26(2)3)49(8)28(5)52/h11,13,15-17,19-20,22-23,26-27,36-37,40,48,53H,10,12,14,18,21,24-25H2,1-9H3,(H,47,54)/t27-,36-,37-,40-/m0/s1. The molecule has 13 nitrogen and oxygen atoms in total. The number of carbonyl (C=O) groups is 4. The van der Waals surface area contributed by atoms with Crippen LogP contribution in [0, 0.1) is 11.3 Å². The van der Waals surface area contributed by atoms with E-state index in [9.17, 15) is 24.3 Å². The molecule has 6 rings (SSSR count). The molecule has 2 aromatic carbocycles. The zero-order chi connectivity index (χ0) is 42.1. The highest BCUT2D eigenvalue weighted by Crippen LogP contribution is 2.42. The summed E-state index contributed by atoms with van der Waals surface area (Å²) in [5.74, 6) is -1.90. The molecule has 3 amide bonds. The van der Waals surface area contributed by atoms with Crippen LogP contribution in [-0.2, 0) is 48.0 Å². The van der Waals surface area contributed by atoms with Crippen LogP contribution in [0.25, 0.3) is 33.3 Å². The molecule has 2 aliphatic rings. The average Bonchev–Trinajstić information content (AvgIpc) is 3.49. The highest BCUT2D eigenvalue weighted by molar-refractivity contribution is 5.96. The van der Waals surface area contributed by atoms with Gasteiger partial charge in [0, 0.05) is 68.7 Å². The summed E-state index contributed by atoms with van der Waals surface area (Å²) in [4.78, 5) is 60.7. The summed E-state index contributed by atoms with van der Waals surface area (Å²) in [6.45, 7) is 14.5. The number of aryl methyl sites for hydroxylation is 1. The molecule has 2 aromatic heterocycles. The van der Waals surface area contributed by atoms with E-state index in [1.807, 2.05) is 39.0 Å². The number of cyclic esters (lactones) is 1. The molecule has 0 aliphatic carbocycles. The maximum atomic E-state index is 14.4. The second kappa shape index (κ2) is 17.3. The number of amides is 3. The van der Waals surface area contributed by atoms with Gasteiger partial charge in [-0.15, -0.1) is 0 Å². The lowest BCUT2D eigenvalue weighted by Gasteiger charge is -2.36. The number of likely N-dealkylation sites (N-methyl/N-ethyl adjacent to an activating group) is 1. The summed E-state index contributed by atoms with van der Waals surface area (Å²) in [5.41, 5.74) is 9.68. The Morgan fingerprint density at radius 2 is 1.88 bits per heavy atom. The van der Waals surface area contributed by atoms with Gasteiger partial charge in [-0.2, -0.15) is 0 Å². The van der Waals surface area contributed by atoms with Crippen molar-refractivity contribution in [3.8, 4) is 28.1 Å². The van der Waals surface area contributed by atoms with Crippen LogP contribution in [-0.4, -0.2) is 93.7 Å². The number of rotatable bonds is 8. The van der Waals surface area contributed by atoms with Crippen LogP contribution in [0.15, 0.2) is 54.7 Å². The third-order valence-electron chi connectivity index (χ3n) is 11.5. The van der Waals surface area contributed by atoms with Crippen LogP contribution in [0.2, 0.25) is 0 Å². The SMILES string of the molecule is CCn1c(-c2cccnc2[C@H](C)OC)c2c3cc(ccc31)-c1cc(O)cc(c1)C[C@H](NC(=O)[C@H](C(C)C)N(C)C(C)=O)C(=O)N1CCC[C@H](N1)C(=O)OCC(C)(C)C2. The lowest BCUT2D eigenvalue weighted by atomic mass is 9.84. The molecule has 4 atom stereocenters. The van der Waals surface area contributed by atoms with Gasteiger partial charge in [0.1, 0.15) is 23.9 Å². The van der Waals surface area contributed by atoms with Gasteiger partial charge >= 0.3 is 5.97 Å². The minimum atomic E-state index is -1.10. The number of methoxy groups -OCH3 is 1. The van der Waals surface area contributed by atoms with Crippen molar-refractivity contribution in [2.75, 3.05) is 27.3 Å². The first kappa shape index (κ1) is 42.3. The number of benzene rings is 2. The molecule has 6 bridgehead atoms. The van der Waals surface area contributed by atoms with Crippen molar-refractivity contribution in [2.45, 2.75) is 105 Å². The minimum absolute atomic E-state index is 0.0107. The molecule has 4 aromatic rings. The Morgan fingerprint density at radius 3 is 2.57 bits per heavy atom. The molecule has 0 unspecified atom stereocenters. The van der Waals surface area contributed by atoms with Gasteiger partial charge in [-0.1, -0.05) is 39.8 Å². The Morgan fingerprint density at radius 1 is 1.12 bits per heavy atom. The Hall–Kier alpha value is -5.27. The van der Waals surface area contributed by atoms with Crippen molar-refractivity contribution < 1.29 is 33.8 Å². The van der Waals surface area contributed by atoms with Gasteiger partial charge in [0.25, 0.3) is 5.91 Å². The molecule has 58 heavy (non-hydrogen) atoms. The van der Waals surface area contributed by atoms with Crippen molar-refractivity contribution in [3.63, 3.8) is 0 Å². The molecule has 0 saturated carbocycles. The normalized spacial score (nSPS) is 19.7. The molecular weight excluding hydrogens is 737 g/mol. The van der Waals surface area contributed by atoms with Crippen LogP contribution in [0.1, 0.15) is 84.2 Å². The number of carbonyl (C=O) groups excluding carboxylic acids is 4. The van der Waals surface area contributed by atoms with Crippen molar-refractivity contribution in [1.29, 1.82) is 0 Å². The molecule has 4 heterocycles. The summed E-state index contributed by atoms with van der Waals surface area (Å²) >= 11 is 0. The van der Waals surface area contributed by atoms with Gasteiger partial charge in [0.2, 0.25) is 11.8 Å². The van der Waals surface area contributed by atoms with Crippen LogP contribution in [0.5, 0.6) is 5.75 Å². The number of phenolic OH excluding ortho intramolecular Hbond substituents is 1. The number of nitrogens with zero attached hydrogens (tertiary/aromatic N) is 4. The van der Waals surface area contributed by atoms with Crippen molar-refractivity contribution in [2.24, 2.45) is 11.3 Å². The highest BCUT2D eigenvalue weighted by Gasteiger charge is 2.37. The van der Waals surface area contributed by atoms with Gasteiger partial charge in [-0.05, 0) is 97.7 Å². The highest BCUT2D eigenvalue weighted by atomic mass is 16.5. The third kappa shape index (κ3) is 8.75. The zero-order valence-electron chi connectivity index (χ0n) is 35.2. The monoisotopic (exact) mass is 794 g/mol. The predicted molar refractivity (Wildman–Crippen MR) is 222 cm³/mol. The van der Waals surface area contributed by atoms with Crippen LogP contribution in [0.3, 0.4) is 0 Å². The third-order valence-corrected chi connectivity index (χ3v) is 11.5. The fraction of sp³-hybridized carbons (Fsp3) is 0.489. The van der Waals surface area contributed by atoms with Crippen LogP contribution < -0.4 is 10.7 Å². The Bertz CT molecular complexity index is 2200. The van der Waals surface area contributed by atoms with Gasteiger partial charge in [-0.3, -0.25) is 29.2 Å². The molecule has 0 spiro atoms. The largest absolute Gasteiger partial charge is 0.508 e. The predicted octanol–water partition coefficient (Wildman–Crippen LogP) is 5.95. The number of aromatic nitrogens is 2. The van der Waals surface area contributed by atoms with Crippen LogP contribution in [0.4, 0.5) is 0 Å². The van der Waals surface area contributed by atoms with Crippen molar-refractivity contribution in [1.82, 2.24) is 30.2 Å². The molecule has 1 saturated heterocycles. The van der Waals surface area contributed by atoms with Gasteiger partial charge in [0.15, 0.2) is 0 Å². The number of pyridine rings is 1. The first-order valence-corrected chi connectivity index (χ1v) is 20.3. The Labute approximate surface area is 341 Å². The molecule has 13 heteroatoms.